The summed E-state index contributed by atoms with van der Waals surface area (Å²) in [6, 6.07) is 0. The number of aromatic nitrogens is 2. The smallest absolute Gasteiger partial charge is 0.120 e. The van der Waals surface area contributed by atoms with Crippen LogP contribution in [0.25, 0.3) is 0 Å². The van der Waals surface area contributed by atoms with Gasteiger partial charge in [-0.1, -0.05) is 6.42 Å². The topological polar surface area (TPSA) is 47.0 Å². The van der Waals surface area contributed by atoms with E-state index in [2.05, 4.69) is 15.5 Å². The Morgan fingerprint density at radius 3 is 2.95 bits per heavy atom. The van der Waals surface area contributed by atoms with E-state index >= 15 is 0 Å². The summed E-state index contributed by atoms with van der Waals surface area (Å²) in [5.41, 5.74) is 0. The molecule has 2 bridgehead atoms. The lowest BCUT2D eigenvalue weighted by molar-refractivity contribution is 0.199. The maximum absolute atomic E-state index is 5.01. The minimum absolute atomic E-state index is 0.728. The third kappa shape index (κ3) is 3.15. The molecule has 0 amide bonds. The van der Waals surface area contributed by atoms with Gasteiger partial charge < -0.3 is 10.1 Å². The molecule has 4 nitrogen and oxygen atoms in total. The largest absolute Gasteiger partial charge is 0.383 e. The van der Waals surface area contributed by atoms with Crippen LogP contribution in [0, 0.1) is 11.8 Å². The fourth-order valence-corrected chi connectivity index (χ4v) is 4.61. The Labute approximate surface area is 119 Å². The second kappa shape index (κ2) is 6.29. The maximum Gasteiger partial charge on any atom is 0.120 e. The van der Waals surface area contributed by atoms with Crippen molar-refractivity contribution in [1.82, 2.24) is 15.5 Å². The van der Waals surface area contributed by atoms with Gasteiger partial charge in [-0.3, -0.25) is 0 Å². The van der Waals surface area contributed by atoms with Crippen molar-refractivity contribution in [3.8, 4) is 0 Å². The van der Waals surface area contributed by atoms with Crippen LogP contribution < -0.4 is 5.32 Å². The molecular weight excluding hydrogens is 258 g/mol. The van der Waals surface area contributed by atoms with E-state index in [1.165, 1.54) is 35.7 Å². The molecule has 2 aliphatic rings. The van der Waals surface area contributed by atoms with Crippen molar-refractivity contribution in [2.45, 2.75) is 38.0 Å². The van der Waals surface area contributed by atoms with Gasteiger partial charge in [-0.25, -0.2) is 0 Å². The van der Waals surface area contributed by atoms with Gasteiger partial charge in [0.1, 0.15) is 10.0 Å². The summed E-state index contributed by atoms with van der Waals surface area (Å²) in [6.45, 7) is 2.65. The molecule has 1 N–H and O–H groups in total. The van der Waals surface area contributed by atoms with Crippen molar-refractivity contribution in [2.24, 2.45) is 11.8 Å². The molecule has 19 heavy (non-hydrogen) atoms. The molecule has 2 saturated carbocycles. The zero-order valence-electron chi connectivity index (χ0n) is 11.6. The molecule has 2 aliphatic carbocycles. The fourth-order valence-electron chi connectivity index (χ4n) is 3.56. The van der Waals surface area contributed by atoms with Crippen molar-refractivity contribution < 1.29 is 4.74 Å². The first kappa shape index (κ1) is 13.5. The van der Waals surface area contributed by atoms with Gasteiger partial charge in [0.25, 0.3) is 0 Å². The van der Waals surface area contributed by atoms with Gasteiger partial charge in [-0.05, 0) is 31.1 Å². The highest BCUT2D eigenvalue weighted by Gasteiger charge is 2.41. The lowest BCUT2D eigenvalue weighted by Crippen LogP contribution is -2.21. The van der Waals surface area contributed by atoms with Gasteiger partial charge in [-0.2, -0.15) is 0 Å². The zero-order chi connectivity index (χ0) is 13.1. The standard InChI is InChI=1S/C14H23N3OS/c1-18-7-6-15-5-4-13-16-17-14(19-13)12-9-10-2-3-11(12)8-10/h10-12,15H,2-9H2,1H3. The lowest BCUT2D eigenvalue weighted by Gasteiger charge is -2.18. The second-order valence-corrected chi connectivity index (χ2v) is 6.90. The predicted molar refractivity (Wildman–Crippen MR) is 76.5 cm³/mol. The molecule has 1 heterocycles. The molecule has 3 unspecified atom stereocenters. The number of fused-ring (bicyclic) bond motifs is 2. The number of methoxy groups -OCH3 is 1. The normalized spacial score (nSPS) is 29.2. The predicted octanol–water partition coefficient (Wildman–Crippen LogP) is 2.22. The number of nitrogens with zero attached hydrogens (tertiary/aromatic N) is 2. The molecule has 3 rings (SSSR count). The second-order valence-electron chi connectivity index (χ2n) is 5.81. The van der Waals surface area contributed by atoms with Crippen LogP contribution in [-0.4, -0.2) is 37.0 Å². The minimum Gasteiger partial charge on any atom is -0.383 e. The molecule has 0 spiro atoms. The summed E-state index contributed by atoms with van der Waals surface area (Å²) in [6.07, 6.45) is 6.67. The molecule has 2 fully saturated rings. The van der Waals surface area contributed by atoms with Crippen molar-refractivity contribution in [2.75, 3.05) is 26.8 Å². The van der Waals surface area contributed by atoms with Crippen molar-refractivity contribution in [3.63, 3.8) is 0 Å². The van der Waals surface area contributed by atoms with Crippen LogP contribution in [0.1, 0.15) is 41.6 Å². The van der Waals surface area contributed by atoms with E-state index < -0.39 is 0 Å². The first-order chi connectivity index (χ1) is 9.36. The summed E-state index contributed by atoms with van der Waals surface area (Å²) < 4.78 is 5.01. The molecule has 5 heteroatoms. The first-order valence-corrected chi connectivity index (χ1v) is 8.20. The highest BCUT2D eigenvalue weighted by molar-refractivity contribution is 7.11. The van der Waals surface area contributed by atoms with Gasteiger partial charge in [0, 0.05) is 32.5 Å². The fraction of sp³-hybridized carbons (Fsp3) is 0.857. The summed E-state index contributed by atoms with van der Waals surface area (Å²) in [7, 11) is 1.73. The van der Waals surface area contributed by atoms with Gasteiger partial charge in [-0.15, -0.1) is 21.5 Å². The van der Waals surface area contributed by atoms with E-state index in [0.29, 0.717) is 0 Å². The summed E-state index contributed by atoms with van der Waals surface area (Å²) in [5.74, 6) is 2.62. The van der Waals surface area contributed by atoms with E-state index in [0.717, 1.165) is 43.9 Å². The third-order valence-electron chi connectivity index (χ3n) is 4.54. The Bertz CT molecular complexity index is 409. The van der Waals surface area contributed by atoms with Crippen LogP contribution in [0.15, 0.2) is 0 Å². The average Bonchev–Trinajstić information content (AvgIpc) is 3.14. The zero-order valence-corrected chi connectivity index (χ0v) is 12.4. The molecular formula is C14H23N3OS. The Morgan fingerprint density at radius 1 is 1.26 bits per heavy atom. The molecule has 0 saturated heterocycles. The van der Waals surface area contributed by atoms with Crippen LogP contribution in [0.3, 0.4) is 0 Å². The Balaban J connectivity index is 1.47. The highest BCUT2D eigenvalue weighted by Crippen LogP contribution is 2.53. The van der Waals surface area contributed by atoms with Crippen molar-refractivity contribution >= 4 is 11.3 Å². The maximum atomic E-state index is 5.01. The van der Waals surface area contributed by atoms with E-state index in [9.17, 15) is 0 Å². The molecule has 3 atom stereocenters. The van der Waals surface area contributed by atoms with E-state index in [-0.39, 0.29) is 0 Å². The Kier molecular flexibility index (Phi) is 4.45. The van der Waals surface area contributed by atoms with Crippen LogP contribution >= 0.6 is 11.3 Å². The van der Waals surface area contributed by atoms with Gasteiger partial charge in [0.2, 0.25) is 0 Å². The van der Waals surface area contributed by atoms with E-state index in [4.69, 9.17) is 4.74 Å². The van der Waals surface area contributed by atoms with Crippen molar-refractivity contribution in [3.05, 3.63) is 10.0 Å². The number of hydrogen-bond acceptors (Lipinski definition) is 5. The average molecular weight is 281 g/mol. The highest BCUT2D eigenvalue weighted by atomic mass is 32.1. The summed E-state index contributed by atoms with van der Waals surface area (Å²) in [4.78, 5) is 0. The lowest BCUT2D eigenvalue weighted by atomic mass is 9.89. The third-order valence-corrected chi connectivity index (χ3v) is 5.65. The number of rotatable bonds is 7. The van der Waals surface area contributed by atoms with Crippen LogP contribution in [-0.2, 0) is 11.2 Å². The Morgan fingerprint density at radius 2 is 2.21 bits per heavy atom. The van der Waals surface area contributed by atoms with Crippen LogP contribution in [0.4, 0.5) is 0 Å². The van der Waals surface area contributed by atoms with E-state index in [1.807, 2.05) is 11.3 Å². The number of hydrogen-bond donors (Lipinski definition) is 1. The van der Waals surface area contributed by atoms with Crippen LogP contribution in [0.5, 0.6) is 0 Å². The SMILES string of the molecule is COCCNCCc1nnc(C2CC3CCC2C3)s1. The van der Waals surface area contributed by atoms with Crippen molar-refractivity contribution in [1.29, 1.82) is 0 Å². The van der Waals surface area contributed by atoms with Gasteiger partial charge in [0.05, 0.1) is 6.61 Å². The molecule has 0 radical (unpaired) electrons. The number of nitrogens with one attached hydrogen (secondary N) is 1. The first-order valence-electron chi connectivity index (χ1n) is 7.38. The quantitative estimate of drug-likeness (QED) is 0.779. The van der Waals surface area contributed by atoms with E-state index in [1.54, 1.807) is 7.11 Å². The van der Waals surface area contributed by atoms with Gasteiger partial charge >= 0.3 is 0 Å². The van der Waals surface area contributed by atoms with Gasteiger partial charge in [0.15, 0.2) is 0 Å². The van der Waals surface area contributed by atoms with Crippen LogP contribution in [0.2, 0.25) is 0 Å². The Hall–Kier alpha value is -0.520. The molecule has 106 valence electrons. The summed E-state index contributed by atoms with van der Waals surface area (Å²) in [5, 5.41) is 14.6. The number of ether oxygens (including phenoxy) is 1. The monoisotopic (exact) mass is 281 g/mol. The summed E-state index contributed by atoms with van der Waals surface area (Å²) >= 11 is 1.84. The molecule has 1 aromatic rings. The molecule has 0 aromatic carbocycles. The molecule has 1 aromatic heterocycles. The minimum atomic E-state index is 0.728. The molecule has 0 aliphatic heterocycles.